The second-order valence-electron chi connectivity index (χ2n) is 7.03. The van der Waals surface area contributed by atoms with Crippen LogP contribution in [0.3, 0.4) is 0 Å². The molecule has 0 saturated carbocycles. The number of sulfonamides is 1. The van der Waals surface area contributed by atoms with Gasteiger partial charge in [-0.05, 0) is 49.6 Å². The van der Waals surface area contributed by atoms with E-state index in [2.05, 4.69) is 5.32 Å². The number of nitrogens with zero attached hydrogens (tertiary/aromatic N) is 2. The number of amides is 1. The molecule has 1 saturated heterocycles. The number of hydrogen-bond donors (Lipinski definition) is 1. The number of nitro groups is 1. The highest BCUT2D eigenvalue weighted by atomic mass is 32.2. The molecule has 1 heterocycles. The Morgan fingerprint density at radius 2 is 1.80 bits per heavy atom. The third-order valence-corrected chi connectivity index (χ3v) is 6.77. The molecule has 1 amide bonds. The Kier molecular flexibility index (Phi) is 6.68. The van der Waals surface area contributed by atoms with Gasteiger partial charge in [-0.3, -0.25) is 14.9 Å². The normalized spacial score (nSPS) is 14.8. The van der Waals surface area contributed by atoms with Crippen molar-refractivity contribution in [1.82, 2.24) is 4.31 Å². The third-order valence-electron chi connectivity index (χ3n) is 4.85. The largest absolute Gasteiger partial charge is 0.484 e. The molecule has 1 aliphatic rings. The van der Waals surface area contributed by atoms with Gasteiger partial charge < -0.3 is 10.1 Å². The van der Waals surface area contributed by atoms with Crippen molar-refractivity contribution in [2.75, 3.05) is 25.0 Å². The van der Waals surface area contributed by atoms with Crippen LogP contribution in [0.2, 0.25) is 0 Å². The highest BCUT2D eigenvalue weighted by Crippen LogP contribution is 2.24. The molecule has 1 aliphatic heterocycles. The molecule has 10 heteroatoms. The van der Waals surface area contributed by atoms with E-state index in [0.29, 0.717) is 30.1 Å². The maximum absolute atomic E-state index is 12.6. The van der Waals surface area contributed by atoms with Gasteiger partial charge >= 0.3 is 0 Å². The van der Waals surface area contributed by atoms with E-state index in [1.807, 2.05) is 0 Å². The number of piperidine rings is 1. The van der Waals surface area contributed by atoms with E-state index < -0.39 is 20.9 Å². The van der Waals surface area contributed by atoms with Crippen LogP contribution in [0.25, 0.3) is 0 Å². The maximum atomic E-state index is 12.6. The second-order valence-corrected chi connectivity index (χ2v) is 8.97. The molecule has 1 N–H and O–H groups in total. The number of ether oxygens (including phenoxy) is 1. The molecule has 2 aromatic rings. The van der Waals surface area contributed by atoms with E-state index in [1.54, 1.807) is 13.0 Å². The number of carbonyl (C=O) groups is 1. The molecule has 0 unspecified atom stereocenters. The van der Waals surface area contributed by atoms with Crippen molar-refractivity contribution >= 4 is 27.3 Å². The van der Waals surface area contributed by atoms with E-state index in [1.165, 1.54) is 40.7 Å². The first kappa shape index (κ1) is 21.7. The van der Waals surface area contributed by atoms with E-state index >= 15 is 0 Å². The van der Waals surface area contributed by atoms with Crippen LogP contribution in [0.5, 0.6) is 5.75 Å². The van der Waals surface area contributed by atoms with Crippen LogP contribution < -0.4 is 10.1 Å². The number of rotatable bonds is 7. The van der Waals surface area contributed by atoms with Crippen molar-refractivity contribution in [3.8, 4) is 5.75 Å². The molecule has 0 bridgehead atoms. The van der Waals surface area contributed by atoms with E-state index in [0.717, 1.165) is 19.3 Å². The molecule has 0 spiro atoms. The summed E-state index contributed by atoms with van der Waals surface area (Å²) in [6.07, 6.45) is 2.76. The topological polar surface area (TPSA) is 119 Å². The Balaban J connectivity index is 1.59. The van der Waals surface area contributed by atoms with E-state index in [-0.39, 0.29) is 17.2 Å². The Labute approximate surface area is 174 Å². The smallest absolute Gasteiger partial charge is 0.271 e. The Bertz CT molecular complexity index is 1030. The number of hydrogen-bond acceptors (Lipinski definition) is 6. The first-order valence-electron chi connectivity index (χ1n) is 9.55. The Morgan fingerprint density at radius 3 is 2.43 bits per heavy atom. The highest BCUT2D eigenvalue weighted by molar-refractivity contribution is 7.89. The van der Waals surface area contributed by atoms with Crippen molar-refractivity contribution in [3.05, 3.63) is 58.1 Å². The lowest BCUT2D eigenvalue weighted by Crippen LogP contribution is -2.35. The van der Waals surface area contributed by atoms with Crippen LogP contribution in [0, 0.1) is 17.0 Å². The summed E-state index contributed by atoms with van der Waals surface area (Å²) < 4.78 is 32.2. The van der Waals surface area contributed by atoms with Gasteiger partial charge in [-0.15, -0.1) is 0 Å². The van der Waals surface area contributed by atoms with Crippen molar-refractivity contribution in [2.45, 2.75) is 31.1 Å². The maximum Gasteiger partial charge on any atom is 0.271 e. The van der Waals surface area contributed by atoms with Crippen molar-refractivity contribution < 1.29 is 22.9 Å². The van der Waals surface area contributed by atoms with Crippen LogP contribution in [0.15, 0.2) is 47.4 Å². The molecule has 9 nitrogen and oxygen atoms in total. The molecular weight excluding hydrogens is 410 g/mol. The van der Waals surface area contributed by atoms with Crippen LogP contribution in [-0.2, 0) is 14.8 Å². The van der Waals surface area contributed by atoms with Crippen molar-refractivity contribution in [2.24, 2.45) is 0 Å². The fraction of sp³-hybridized carbons (Fsp3) is 0.350. The molecule has 3 rings (SSSR count). The van der Waals surface area contributed by atoms with Gasteiger partial charge in [-0.25, -0.2) is 8.42 Å². The molecule has 2 aromatic carbocycles. The van der Waals surface area contributed by atoms with Crippen molar-refractivity contribution in [1.29, 1.82) is 0 Å². The number of anilines is 1. The number of non-ortho nitro benzene ring substituents is 1. The molecule has 30 heavy (non-hydrogen) atoms. The van der Waals surface area contributed by atoms with Gasteiger partial charge in [-0.2, -0.15) is 4.31 Å². The number of aryl methyl sites for hydroxylation is 1. The van der Waals surface area contributed by atoms with Gasteiger partial charge in [0.25, 0.3) is 11.6 Å². The minimum Gasteiger partial charge on any atom is -0.484 e. The lowest BCUT2D eigenvalue weighted by Gasteiger charge is -2.25. The summed E-state index contributed by atoms with van der Waals surface area (Å²) >= 11 is 0. The molecule has 0 aliphatic carbocycles. The zero-order valence-corrected chi connectivity index (χ0v) is 17.4. The quantitative estimate of drug-likeness (QED) is 0.529. The summed E-state index contributed by atoms with van der Waals surface area (Å²) in [4.78, 5) is 22.7. The van der Waals surface area contributed by atoms with Crippen LogP contribution in [0.1, 0.15) is 24.8 Å². The van der Waals surface area contributed by atoms with Crippen LogP contribution in [0.4, 0.5) is 11.4 Å². The predicted octanol–water partition coefficient (Wildman–Crippen LogP) is 3.10. The number of carbonyl (C=O) groups excluding carboxylic acids is 1. The fourth-order valence-electron chi connectivity index (χ4n) is 3.16. The SMILES string of the molecule is Cc1ccc([N+](=O)[O-])cc1NC(=O)COc1ccc(S(=O)(=O)N2CCCCC2)cc1. The molecule has 0 radical (unpaired) electrons. The Hall–Kier alpha value is -2.98. The van der Waals surface area contributed by atoms with Gasteiger partial charge in [0.15, 0.2) is 6.61 Å². The van der Waals surface area contributed by atoms with Gasteiger partial charge in [0.1, 0.15) is 5.75 Å². The summed E-state index contributed by atoms with van der Waals surface area (Å²) in [6.45, 7) is 2.46. The minimum atomic E-state index is -3.52. The van der Waals surface area contributed by atoms with Gasteiger partial charge in [0.2, 0.25) is 10.0 Å². The summed E-state index contributed by atoms with van der Waals surface area (Å²) in [6, 6.07) is 10.1. The fourth-order valence-corrected chi connectivity index (χ4v) is 4.67. The summed E-state index contributed by atoms with van der Waals surface area (Å²) in [5.74, 6) is -0.137. The van der Waals surface area contributed by atoms with E-state index in [9.17, 15) is 23.3 Å². The molecular formula is C20H23N3O6S. The molecule has 0 aromatic heterocycles. The summed E-state index contributed by atoms with van der Waals surface area (Å²) in [5.41, 5.74) is 0.893. The summed E-state index contributed by atoms with van der Waals surface area (Å²) in [5, 5.41) is 13.5. The minimum absolute atomic E-state index is 0.123. The van der Waals surface area contributed by atoms with Crippen LogP contribution in [-0.4, -0.2) is 43.2 Å². The monoisotopic (exact) mass is 433 g/mol. The van der Waals surface area contributed by atoms with Crippen molar-refractivity contribution in [3.63, 3.8) is 0 Å². The average Bonchev–Trinajstić information content (AvgIpc) is 2.74. The lowest BCUT2D eigenvalue weighted by atomic mass is 10.2. The Morgan fingerprint density at radius 1 is 1.13 bits per heavy atom. The second kappa shape index (κ2) is 9.23. The van der Waals surface area contributed by atoms with Gasteiger partial charge in [0, 0.05) is 25.2 Å². The average molecular weight is 433 g/mol. The molecule has 1 fully saturated rings. The third kappa shape index (κ3) is 5.14. The number of nitrogens with one attached hydrogen (secondary N) is 1. The molecule has 0 atom stereocenters. The lowest BCUT2D eigenvalue weighted by molar-refractivity contribution is -0.384. The summed E-state index contributed by atoms with van der Waals surface area (Å²) in [7, 11) is -3.52. The predicted molar refractivity (Wildman–Crippen MR) is 111 cm³/mol. The van der Waals surface area contributed by atoms with Gasteiger partial charge in [-0.1, -0.05) is 12.5 Å². The number of benzene rings is 2. The van der Waals surface area contributed by atoms with Gasteiger partial charge in [0.05, 0.1) is 15.5 Å². The first-order chi connectivity index (χ1) is 14.3. The highest BCUT2D eigenvalue weighted by Gasteiger charge is 2.25. The first-order valence-corrected chi connectivity index (χ1v) is 11.0. The van der Waals surface area contributed by atoms with Crippen LogP contribution >= 0.6 is 0 Å². The standard InChI is InChI=1S/C20H23N3O6S/c1-15-5-6-16(23(25)26)13-19(15)21-20(24)14-29-17-7-9-18(10-8-17)30(27,28)22-11-3-2-4-12-22/h5-10,13H,2-4,11-12,14H2,1H3,(H,21,24). The van der Waals surface area contributed by atoms with E-state index in [4.69, 9.17) is 4.74 Å². The number of nitro benzene ring substituents is 1. The molecule has 160 valence electrons. The zero-order valence-electron chi connectivity index (χ0n) is 16.5. The zero-order chi connectivity index (χ0) is 21.7.